The maximum atomic E-state index is 13.9. The van der Waals surface area contributed by atoms with Crippen LogP contribution in [0.25, 0.3) is 0 Å². The van der Waals surface area contributed by atoms with E-state index in [1.54, 1.807) is 18.2 Å². The van der Waals surface area contributed by atoms with Gasteiger partial charge in [0.1, 0.15) is 29.7 Å². The third-order valence-corrected chi connectivity index (χ3v) is 6.27. The molecule has 10 heteroatoms. The molecular formula is C22H20F2N2O5S. The van der Waals surface area contributed by atoms with E-state index in [0.717, 1.165) is 16.4 Å². The average molecular weight is 462 g/mol. The molecule has 3 aromatic carbocycles. The zero-order chi connectivity index (χ0) is 23.3. The van der Waals surface area contributed by atoms with Crippen LogP contribution in [0, 0.1) is 11.6 Å². The largest absolute Gasteiger partial charge is 0.497 e. The van der Waals surface area contributed by atoms with E-state index in [1.165, 1.54) is 44.6 Å². The Balaban J connectivity index is 1.99. The number of benzene rings is 3. The molecule has 7 nitrogen and oxygen atoms in total. The Bertz CT molecular complexity index is 1220. The quantitative estimate of drug-likeness (QED) is 0.550. The number of nitrogens with one attached hydrogen (secondary N) is 1. The Morgan fingerprint density at radius 2 is 1.66 bits per heavy atom. The number of hydrogen-bond donors (Lipinski definition) is 1. The third kappa shape index (κ3) is 4.97. The summed E-state index contributed by atoms with van der Waals surface area (Å²) in [5.74, 6) is -1.96. The highest BCUT2D eigenvalue weighted by Gasteiger charge is 2.29. The number of amides is 1. The Morgan fingerprint density at radius 3 is 2.28 bits per heavy atom. The molecule has 0 aliphatic carbocycles. The zero-order valence-corrected chi connectivity index (χ0v) is 18.0. The molecule has 3 aromatic rings. The fourth-order valence-electron chi connectivity index (χ4n) is 2.92. The zero-order valence-electron chi connectivity index (χ0n) is 17.2. The molecule has 0 aliphatic rings. The summed E-state index contributed by atoms with van der Waals surface area (Å²) in [4.78, 5) is 12.6. The van der Waals surface area contributed by atoms with Gasteiger partial charge in [0.05, 0.1) is 30.5 Å². The molecule has 0 spiro atoms. The SMILES string of the molecule is COc1ccc(S(=O)(=O)N(CC(=O)Nc2ccc(F)cc2F)c2ccccc2OC)cc1. The highest BCUT2D eigenvalue weighted by Crippen LogP contribution is 2.32. The van der Waals surface area contributed by atoms with E-state index >= 15 is 0 Å². The normalized spacial score (nSPS) is 11.0. The third-order valence-electron chi connectivity index (χ3n) is 4.49. The van der Waals surface area contributed by atoms with Crippen LogP contribution in [0.1, 0.15) is 0 Å². The van der Waals surface area contributed by atoms with E-state index in [2.05, 4.69) is 5.32 Å². The topological polar surface area (TPSA) is 84.9 Å². The van der Waals surface area contributed by atoms with Gasteiger partial charge in [0.2, 0.25) is 5.91 Å². The van der Waals surface area contributed by atoms with Crippen LogP contribution in [0.3, 0.4) is 0 Å². The van der Waals surface area contributed by atoms with Gasteiger partial charge in [0.25, 0.3) is 10.0 Å². The molecule has 32 heavy (non-hydrogen) atoms. The van der Waals surface area contributed by atoms with E-state index in [0.29, 0.717) is 11.8 Å². The molecule has 168 valence electrons. The summed E-state index contributed by atoms with van der Waals surface area (Å²) in [5.41, 5.74) is -0.168. The number of para-hydroxylation sites is 2. The van der Waals surface area contributed by atoms with Crippen molar-refractivity contribution in [2.24, 2.45) is 0 Å². The van der Waals surface area contributed by atoms with Crippen LogP contribution in [-0.4, -0.2) is 35.1 Å². The predicted octanol–water partition coefficient (Wildman–Crippen LogP) is 3.82. The molecule has 1 amide bonds. The minimum atomic E-state index is -4.23. The van der Waals surface area contributed by atoms with Crippen LogP contribution in [0.2, 0.25) is 0 Å². The lowest BCUT2D eigenvalue weighted by molar-refractivity contribution is -0.114. The summed E-state index contributed by atoms with van der Waals surface area (Å²) in [6, 6.07) is 14.5. The lowest BCUT2D eigenvalue weighted by Gasteiger charge is -2.25. The van der Waals surface area contributed by atoms with Crippen LogP contribution >= 0.6 is 0 Å². The van der Waals surface area contributed by atoms with Gasteiger partial charge in [0, 0.05) is 6.07 Å². The molecule has 0 saturated carbocycles. The fourth-order valence-corrected chi connectivity index (χ4v) is 4.35. The number of sulfonamides is 1. The second-order valence-corrected chi connectivity index (χ2v) is 8.39. The summed E-state index contributed by atoms with van der Waals surface area (Å²) in [6.45, 7) is -0.689. The number of halogens is 2. The number of nitrogens with zero attached hydrogens (tertiary/aromatic N) is 1. The van der Waals surface area contributed by atoms with Gasteiger partial charge in [-0.1, -0.05) is 12.1 Å². The molecule has 0 radical (unpaired) electrons. The van der Waals surface area contributed by atoms with E-state index in [1.807, 2.05) is 0 Å². The number of methoxy groups -OCH3 is 2. The van der Waals surface area contributed by atoms with Crippen molar-refractivity contribution in [1.29, 1.82) is 0 Å². The molecule has 0 heterocycles. The van der Waals surface area contributed by atoms with Gasteiger partial charge >= 0.3 is 0 Å². The smallest absolute Gasteiger partial charge is 0.264 e. The van der Waals surface area contributed by atoms with Crippen molar-refractivity contribution >= 4 is 27.3 Å². The maximum Gasteiger partial charge on any atom is 0.264 e. The number of rotatable bonds is 8. The Kier molecular flexibility index (Phi) is 6.94. The summed E-state index contributed by atoms with van der Waals surface area (Å²) in [7, 11) is -1.42. The minimum absolute atomic E-state index is 0.0926. The molecule has 0 saturated heterocycles. The van der Waals surface area contributed by atoms with Crippen LogP contribution in [0.15, 0.2) is 71.6 Å². The Morgan fingerprint density at radius 1 is 0.969 bits per heavy atom. The van der Waals surface area contributed by atoms with Crippen LogP contribution in [0.5, 0.6) is 11.5 Å². The van der Waals surface area contributed by atoms with Gasteiger partial charge in [-0.25, -0.2) is 17.2 Å². The van der Waals surface area contributed by atoms with Gasteiger partial charge in [-0.05, 0) is 48.5 Å². The summed E-state index contributed by atoms with van der Waals surface area (Å²) < 4.78 is 65.1. The summed E-state index contributed by atoms with van der Waals surface area (Å²) in [6.07, 6.45) is 0. The molecule has 0 unspecified atom stereocenters. The van der Waals surface area contributed by atoms with Crippen molar-refractivity contribution in [2.45, 2.75) is 4.90 Å². The highest BCUT2D eigenvalue weighted by atomic mass is 32.2. The second kappa shape index (κ2) is 9.65. The molecule has 3 rings (SSSR count). The molecule has 1 N–H and O–H groups in total. The maximum absolute atomic E-state index is 13.9. The van der Waals surface area contributed by atoms with Gasteiger partial charge in [-0.2, -0.15) is 0 Å². The minimum Gasteiger partial charge on any atom is -0.497 e. The first-order valence-corrected chi connectivity index (χ1v) is 10.7. The Labute approximate surface area is 184 Å². The lowest BCUT2D eigenvalue weighted by atomic mass is 10.3. The number of carbonyl (C=O) groups is 1. The van der Waals surface area contributed by atoms with E-state index < -0.39 is 34.1 Å². The van der Waals surface area contributed by atoms with Crippen molar-refractivity contribution in [1.82, 2.24) is 0 Å². The molecule has 0 bridgehead atoms. The summed E-state index contributed by atoms with van der Waals surface area (Å²) >= 11 is 0. The first-order chi connectivity index (χ1) is 15.3. The monoisotopic (exact) mass is 462 g/mol. The van der Waals surface area contributed by atoms with Crippen LogP contribution in [0.4, 0.5) is 20.2 Å². The number of ether oxygens (including phenoxy) is 2. The number of hydrogen-bond acceptors (Lipinski definition) is 5. The molecular weight excluding hydrogens is 442 g/mol. The van der Waals surface area contributed by atoms with Crippen molar-refractivity contribution in [3.05, 3.63) is 78.4 Å². The summed E-state index contributed by atoms with van der Waals surface area (Å²) in [5, 5.41) is 2.27. The van der Waals surface area contributed by atoms with Gasteiger partial charge in [0.15, 0.2) is 0 Å². The van der Waals surface area contributed by atoms with Gasteiger partial charge in [-0.3, -0.25) is 9.10 Å². The Hall–Kier alpha value is -3.66. The van der Waals surface area contributed by atoms with Gasteiger partial charge in [-0.15, -0.1) is 0 Å². The first kappa shape index (κ1) is 23.0. The first-order valence-electron chi connectivity index (χ1n) is 9.31. The highest BCUT2D eigenvalue weighted by molar-refractivity contribution is 7.92. The predicted molar refractivity (Wildman–Crippen MR) is 116 cm³/mol. The van der Waals surface area contributed by atoms with E-state index in [-0.39, 0.29) is 22.0 Å². The molecule has 0 aromatic heterocycles. The van der Waals surface area contributed by atoms with Crippen LogP contribution in [-0.2, 0) is 14.8 Å². The van der Waals surface area contributed by atoms with Crippen molar-refractivity contribution in [2.75, 3.05) is 30.4 Å². The van der Waals surface area contributed by atoms with Crippen molar-refractivity contribution < 1.29 is 31.5 Å². The fraction of sp³-hybridized carbons (Fsp3) is 0.136. The standard InChI is InChI=1S/C22H20F2N2O5S/c1-30-16-8-10-17(11-9-16)32(28,29)26(20-5-3-4-6-21(20)31-2)14-22(27)25-19-12-7-15(23)13-18(19)24/h3-13H,14H2,1-2H3,(H,25,27). The average Bonchev–Trinajstić information content (AvgIpc) is 2.79. The van der Waals surface area contributed by atoms with E-state index in [9.17, 15) is 22.0 Å². The molecule has 0 aliphatic heterocycles. The lowest BCUT2D eigenvalue weighted by Crippen LogP contribution is -2.38. The second-order valence-electron chi connectivity index (χ2n) is 6.53. The van der Waals surface area contributed by atoms with E-state index in [4.69, 9.17) is 9.47 Å². The molecule has 0 fully saturated rings. The van der Waals surface area contributed by atoms with Crippen molar-refractivity contribution in [3.8, 4) is 11.5 Å². The number of carbonyl (C=O) groups excluding carboxylic acids is 1. The number of anilines is 2. The van der Waals surface area contributed by atoms with Gasteiger partial charge < -0.3 is 14.8 Å². The molecule has 0 atom stereocenters. The van der Waals surface area contributed by atoms with Crippen molar-refractivity contribution in [3.63, 3.8) is 0 Å². The van der Waals surface area contributed by atoms with Crippen LogP contribution < -0.4 is 19.1 Å².